The number of aromatic amines is 1. The number of hydrogen-bond donors (Lipinski definition) is 3. The lowest BCUT2D eigenvalue weighted by molar-refractivity contribution is 0.0949. The highest BCUT2D eigenvalue weighted by Crippen LogP contribution is 2.11. The molecule has 0 aliphatic rings. The van der Waals surface area contributed by atoms with E-state index in [0.717, 1.165) is 22.7 Å². The molecule has 5 heterocycles. The molecule has 0 aromatic carbocycles. The van der Waals surface area contributed by atoms with Crippen molar-refractivity contribution in [2.45, 2.75) is 17.7 Å². The Bertz CT molecular complexity index is 1500. The molecule has 5 aromatic heterocycles. The molecule has 1 amide bonds. The molecule has 3 N–H and O–H groups in total. The SMILES string of the molecule is O=C(NCCc1cn2ccccc2n1)c1cc(S(=O)(=O)NCCc2cn3ccccc3n2)c[nH]1. The third-order valence-electron chi connectivity index (χ3n) is 5.38. The molecular formula is C23H23N7O3S. The predicted molar refractivity (Wildman–Crippen MR) is 126 cm³/mol. The van der Waals surface area contributed by atoms with Gasteiger partial charge in [-0.15, -0.1) is 0 Å². The summed E-state index contributed by atoms with van der Waals surface area (Å²) in [6.07, 6.45) is 9.90. The zero-order valence-corrected chi connectivity index (χ0v) is 19.0. The number of pyridine rings is 2. The van der Waals surface area contributed by atoms with Crippen molar-refractivity contribution < 1.29 is 13.2 Å². The predicted octanol–water partition coefficient (Wildman–Crippen LogP) is 1.80. The van der Waals surface area contributed by atoms with E-state index in [0.29, 0.717) is 19.4 Å². The molecule has 0 aliphatic heterocycles. The number of fused-ring (bicyclic) bond motifs is 2. The van der Waals surface area contributed by atoms with Crippen LogP contribution >= 0.6 is 0 Å². The van der Waals surface area contributed by atoms with Crippen molar-refractivity contribution in [2.24, 2.45) is 0 Å². The zero-order valence-electron chi connectivity index (χ0n) is 18.2. The minimum Gasteiger partial charge on any atom is -0.356 e. The number of aromatic nitrogens is 5. The van der Waals surface area contributed by atoms with Gasteiger partial charge in [0.1, 0.15) is 21.9 Å². The summed E-state index contributed by atoms with van der Waals surface area (Å²) in [4.78, 5) is 24.1. The molecule has 0 spiro atoms. The summed E-state index contributed by atoms with van der Waals surface area (Å²) < 4.78 is 31.6. The molecule has 0 fully saturated rings. The second-order valence-electron chi connectivity index (χ2n) is 7.80. The fraction of sp³-hybridized carbons (Fsp3) is 0.174. The second kappa shape index (κ2) is 9.12. The van der Waals surface area contributed by atoms with Crippen LogP contribution in [0.15, 0.2) is 78.3 Å². The summed E-state index contributed by atoms with van der Waals surface area (Å²) in [6.45, 7) is 0.568. The highest BCUT2D eigenvalue weighted by Gasteiger charge is 2.18. The molecule has 0 bridgehead atoms. The van der Waals surface area contributed by atoms with Gasteiger partial charge in [-0.05, 0) is 30.3 Å². The van der Waals surface area contributed by atoms with Crippen LogP contribution in [0.2, 0.25) is 0 Å². The Balaban J connectivity index is 1.13. The van der Waals surface area contributed by atoms with Crippen LogP contribution < -0.4 is 10.0 Å². The van der Waals surface area contributed by atoms with Crippen molar-refractivity contribution in [1.29, 1.82) is 0 Å². The number of nitrogens with one attached hydrogen (secondary N) is 3. The molecule has 0 radical (unpaired) electrons. The van der Waals surface area contributed by atoms with Crippen LogP contribution in [0.25, 0.3) is 11.3 Å². The molecule has 5 rings (SSSR count). The summed E-state index contributed by atoms with van der Waals surface area (Å²) in [5.41, 5.74) is 3.47. The van der Waals surface area contributed by atoms with Gasteiger partial charge in [0.25, 0.3) is 5.91 Å². The van der Waals surface area contributed by atoms with Gasteiger partial charge in [-0.2, -0.15) is 0 Å². The Morgan fingerprint density at radius 3 is 2.15 bits per heavy atom. The summed E-state index contributed by atoms with van der Waals surface area (Å²) in [7, 11) is -3.76. The molecular weight excluding hydrogens is 454 g/mol. The first-order chi connectivity index (χ1) is 16.5. The lowest BCUT2D eigenvalue weighted by Gasteiger charge is -2.03. The number of imidazole rings is 2. The van der Waals surface area contributed by atoms with E-state index in [1.165, 1.54) is 12.3 Å². The van der Waals surface area contributed by atoms with Gasteiger partial charge in [-0.1, -0.05) is 12.1 Å². The molecule has 0 saturated heterocycles. The number of carbonyl (C=O) groups excluding carboxylic acids is 1. The van der Waals surface area contributed by atoms with Crippen LogP contribution in [-0.2, 0) is 22.9 Å². The van der Waals surface area contributed by atoms with Crippen molar-refractivity contribution in [1.82, 2.24) is 33.8 Å². The van der Waals surface area contributed by atoms with E-state index in [9.17, 15) is 13.2 Å². The van der Waals surface area contributed by atoms with E-state index in [1.54, 1.807) is 0 Å². The van der Waals surface area contributed by atoms with E-state index in [2.05, 4.69) is 25.0 Å². The highest BCUT2D eigenvalue weighted by atomic mass is 32.2. The zero-order chi connectivity index (χ0) is 23.5. The first-order valence-electron chi connectivity index (χ1n) is 10.8. The number of sulfonamides is 1. The molecule has 0 saturated carbocycles. The Morgan fingerprint density at radius 2 is 1.53 bits per heavy atom. The Labute approximate surface area is 195 Å². The van der Waals surface area contributed by atoms with E-state index in [4.69, 9.17) is 0 Å². The van der Waals surface area contributed by atoms with Crippen molar-refractivity contribution in [3.05, 3.63) is 90.5 Å². The molecule has 0 unspecified atom stereocenters. The van der Waals surface area contributed by atoms with Gasteiger partial charge in [-0.3, -0.25) is 4.79 Å². The van der Waals surface area contributed by atoms with Crippen molar-refractivity contribution in [3.63, 3.8) is 0 Å². The monoisotopic (exact) mass is 477 g/mol. The molecule has 174 valence electrons. The van der Waals surface area contributed by atoms with Gasteiger partial charge in [-0.25, -0.2) is 23.1 Å². The molecule has 11 heteroatoms. The van der Waals surface area contributed by atoms with Gasteiger partial charge in [0, 0.05) is 56.9 Å². The Kier molecular flexibility index (Phi) is 5.86. The van der Waals surface area contributed by atoms with Gasteiger partial charge < -0.3 is 19.1 Å². The number of hydrogen-bond acceptors (Lipinski definition) is 5. The first-order valence-corrected chi connectivity index (χ1v) is 12.3. The van der Waals surface area contributed by atoms with Crippen LogP contribution in [0.3, 0.4) is 0 Å². The third kappa shape index (κ3) is 4.70. The average molecular weight is 478 g/mol. The number of H-pyrrole nitrogens is 1. The van der Waals surface area contributed by atoms with Gasteiger partial charge >= 0.3 is 0 Å². The number of nitrogens with zero attached hydrogens (tertiary/aromatic N) is 4. The topological polar surface area (TPSA) is 126 Å². The molecule has 5 aromatic rings. The summed E-state index contributed by atoms with van der Waals surface area (Å²) in [5, 5.41) is 2.79. The fourth-order valence-electron chi connectivity index (χ4n) is 3.67. The third-order valence-corrected chi connectivity index (χ3v) is 6.82. The fourth-order valence-corrected chi connectivity index (χ4v) is 4.70. The summed E-state index contributed by atoms with van der Waals surface area (Å²) >= 11 is 0. The van der Waals surface area contributed by atoms with Crippen molar-refractivity contribution in [3.8, 4) is 0 Å². The second-order valence-corrected chi connectivity index (χ2v) is 9.57. The number of amides is 1. The number of rotatable bonds is 9. The van der Waals surface area contributed by atoms with E-state index in [-0.39, 0.29) is 23.0 Å². The standard InChI is InChI=1S/C23H23N7O3S/c31-23(24-9-7-17-15-29-11-3-1-5-21(29)27-17)20-13-19(14-25-20)34(32,33)26-10-8-18-16-30-12-4-2-6-22(30)28-18/h1-6,11-16,25-26H,7-10H2,(H,24,31). The maximum absolute atomic E-state index is 12.6. The van der Waals surface area contributed by atoms with Crippen LogP contribution in [0.1, 0.15) is 21.9 Å². The van der Waals surface area contributed by atoms with Gasteiger partial charge in [0.05, 0.1) is 11.4 Å². The van der Waals surface area contributed by atoms with Crippen LogP contribution in [0.5, 0.6) is 0 Å². The number of carbonyl (C=O) groups is 1. The van der Waals surface area contributed by atoms with Crippen LogP contribution in [0.4, 0.5) is 0 Å². The normalized spacial score (nSPS) is 11.9. The summed E-state index contributed by atoms with van der Waals surface area (Å²) in [5.74, 6) is -0.380. The average Bonchev–Trinajstić information content (AvgIpc) is 3.56. The summed E-state index contributed by atoms with van der Waals surface area (Å²) in [6, 6.07) is 12.8. The van der Waals surface area contributed by atoms with Gasteiger partial charge in [0.2, 0.25) is 10.0 Å². The van der Waals surface area contributed by atoms with Crippen LogP contribution in [-0.4, -0.2) is 51.2 Å². The minimum absolute atomic E-state index is 0.00741. The maximum atomic E-state index is 12.6. The van der Waals surface area contributed by atoms with Crippen LogP contribution in [0, 0.1) is 0 Å². The lowest BCUT2D eigenvalue weighted by Crippen LogP contribution is -2.26. The first kappa shape index (κ1) is 21.9. The molecule has 34 heavy (non-hydrogen) atoms. The molecule has 10 nitrogen and oxygen atoms in total. The highest BCUT2D eigenvalue weighted by molar-refractivity contribution is 7.89. The van der Waals surface area contributed by atoms with Crippen molar-refractivity contribution >= 4 is 27.2 Å². The van der Waals surface area contributed by atoms with Gasteiger partial charge in [0.15, 0.2) is 0 Å². The maximum Gasteiger partial charge on any atom is 0.267 e. The minimum atomic E-state index is -3.76. The smallest absolute Gasteiger partial charge is 0.267 e. The Morgan fingerprint density at radius 1 is 0.912 bits per heavy atom. The van der Waals surface area contributed by atoms with E-state index >= 15 is 0 Å². The van der Waals surface area contributed by atoms with E-state index < -0.39 is 10.0 Å². The quantitative estimate of drug-likeness (QED) is 0.299. The molecule has 0 atom stereocenters. The molecule has 0 aliphatic carbocycles. The van der Waals surface area contributed by atoms with E-state index in [1.807, 2.05) is 70.0 Å². The Hall–Kier alpha value is -3.96. The van der Waals surface area contributed by atoms with Crippen molar-refractivity contribution in [2.75, 3.05) is 13.1 Å². The largest absolute Gasteiger partial charge is 0.356 e. The lowest BCUT2D eigenvalue weighted by atomic mass is 10.3.